The van der Waals surface area contributed by atoms with Crippen molar-refractivity contribution in [2.75, 3.05) is 5.32 Å². The number of aromatic nitrogens is 4. The van der Waals surface area contributed by atoms with E-state index in [0.717, 1.165) is 35.9 Å². The highest BCUT2D eigenvalue weighted by Crippen LogP contribution is 2.23. The molecule has 1 aliphatic rings. The Balaban J connectivity index is 1.76. The van der Waals surface area contributed by atoms with Crippen molar-refractivity contribution >= 4 is 5.95 Å². The summed E-state index contributed by atoms with van der Waals surface area (Å²) in [5.74, 6) is 0.747. The molecule has 2 aromatic heterocycles. The second-order valence-corrected chi connectivity index (χ2v) is 6.49. The first-order valence-corrected chi connectivity index (χ1v) is 8.90. The summed E-state index contributed by atoms with van der Waals surface area (Å²) in [7, 11) is 0. The number of hydrogen-bond donors (Lipinski definition) is 1. The minimum Gasteiger partial charge on any atom is -0.351 e. The van der Waals surface area contributed by atoms with Crippen molar-refractivity contribution in [3.8, 4) is 11.3 Å². The summed E-state index contributed by atoms with van der Waals surface area (Å²) in [6, 6.07) is 2.48. The lowest BCUT2D eigenvalue weighted by atomic mass is 10.1. The predicted molar refractivity (Wildman–Crippen MR) is 93.4 cm³/mol. The van der Waals surface area contributed by atoms with Gasteiger partial charge in [-0.15, -0.1) is 0 Å². The quantitative estimate of drug-likeness (QED) is 0.841. The summed E-state index contributed by atoms with van der Waals surface area (Å²) in [4.78, 5) is 9.14. The molecular formula is C18H27N5. The van der Waals surface area contributed by atoms with Gasteiger partial charge in [0.1, 0.15) is 0 Å². The molecule has 5 nitrogen and oxygen atoms in total. The van der Waals surface area contributed by atoms with E-state index in [4.69, 9.17) is 4.98 Å². The van der Waals surface area contributed by atoms with Crippen LogP contribution < -0.4 is 5.32 Å². The van der Waals surface area contributed by atoms with Gasteiger partial charge < -0.3 is 5.32 Å². The van der Waals surface area contributed by atoms with E-state index < -0.39 is 0 Å². The van der Waals surface area contributed by atoms with E-state index in [2.05, 4.69) is 28.5 Å². The highest BCUT2D eigenvalue weighted by molar-refractivity contribution is 5.61. The van der Waals surface area contributed by atoms with Crippen LogP contribution in [0.5, 0.6) is 0 Å². The third-order valence-corrected chi connectivity index (χ3v) is 4.52. The average Bonchev–Trinajstić information content (AvgIpc) is 2.74. The molecule has 23 heavy (non-hydrogen) atoms. The van der Waals surface area contributed by atoms with E-state index in [1.54, 1.807) is 0 Å². The van der Waals surface area contributed by atoms with Crippen molar-refractivity contribution in [3.05, 3.63) is 24.2 Å². The molecule has 5 heteroatoms. The van der Waals surface area contributed by atoms with Crippen molar-refractivity contribution < 1.29 is 0 Å². The largest absolute Gasteiger partial charge is 0.351 e. The fourth-order valence-electron chi connectivity index (χ4n) is 3.30. The number of hydrogen-bond acceptors (Lipinski definition) is 4. The summed E-state index contributed by atoms with van der Waals surface area (Å²) in [6.07, 6.45) is 12.8. The summed E-state index contributed by atoms with van der Waals surface area (Å²) in [5, 5.41) is 8.10. The van der Waals surface area contributed by atoms with Crippen LogP contribution in [0.4, 0.5) is 5.95 Å². The minimum atomic E-state index is 0.511. The second kappa shape index (κ2) is 7.57. The molecule has 0 spiro atoms. The Labute approximate surface area is 138 Å². The molecule has 1 saturated carbocycles. The van der Waals surface area contributed by atoms with Gasteiger partial charge in [-0.25, -0.2) is 9.97 Å². The molecule has 2 aromatic rings. The van der Waals surface area contributed by atoms with Crippen molar-refractivity contribution in [2.45, 2.75) is 71.4 Å². The Morgan fingerprint density at radius 2 is 2.00 bits per heavy atom. The maximum absolute atomic E-state index is 4.73. The molecule has 0 amide bonds. The molecule has 0 bridgehead atoms. The monoisotopic (exact) mass is 313 g/mol. The predicted octanol–water partition coefficient (Wildman–Crippen LogP) is 4.19. The van der Waals surface area contributed by atoms with Gasteiger partial charge >= 0.3 is 0 Å². The zero-order valence-electron chi connectivity index (χ0n) is 14.3. The van der Waals surface area contributed by atoms with Gasteiger partial charge in [0.2, 0.25) is 5.95 Å². The average molecular weight is 313 g/mol. The van der Waals surface area contributed by atoms with Gasteiger partial charge in [0.15, 0.2) is 0 Å². The molecule has 1 N–H and O–H groups in total. The molecular weight excluding hydrogens is 286 g/mol. The second-order valence-electron chi connectivity index (χ2n) is 6.49. The number of rotatable bonds is 5. The molecule has 0 radical (unpaired) electrons. The van der Waals surface area contributed by atoms with E-state index in [-0.39, 0.29) is 0 Å². The zero-order chi connectivity index (χ0) is 16.1. The summed E-state index contributed by atoms with van der Waals surface area (Å²) in [5.41, 5.74) is 3.08. The van der Waals surface area contributed by atoms with Gasteiger partial charge in [0.25, 0.3) is 0 Å². The molecule has 0 saturated heterocycles. The van der Waals surface area contributed by atoms with Crippen LogP contribution in [0.25, 0.3) is 11.3 Å². The molecule has 0 aliphatic heterocycles. The van der Waals surface area contributed by atoms with Crippen LogP contribution in [0.2, 0.25) is 0 Å². The summed E-state index contributed by atoms with van der Waals surface area (Å²) in [6.45, 7) is 5.15. The Bertz CT molecular complexity index is 626. The fourth-order valence-corrected chi connectivity index (χ4v) is 3.30. The Morgan fingerprint density at radius 3 is 2.74 bits per heavy atom. The van der Waals surface area contributed by atoms with Gasteiger partial charge in [0.05, 0.1) is 11.4 Å². The van der Waals surface area contributed by atoms with Crippen LogP contribution in [-0.4, -0.2) is 25.8 Å². The highest BCUT2D eigenvalue weighted by atomic mass is 15.3. The van der Waals surface area contributed by atoms with Gasteiger partial charge in [-0.2, -0.15) is 5.10 Å². The summed E-state index contributed by atoms with van der Waals surface area (Å²) < 4.78 is 2.01. The van der Waals surface area contributed by atoms with Crippen molar-refractivity contribution in [2.24, 2.45) is 0 Å². The normalized spacial score (nSPS) is 16.3. The molecule has 1 aliphatic carbocycles. The van der Waals surface area contributed by atoms with E-state index >= 15 is 0 Å². The molecule has 124 valence electrons. The lowest BCUT2D eigenvalue weighted by Crippen LogP contribution is -2.19. The minimum absolute atomic E-state index is 0.511. The van der Waals surface area contributed by atoms with Crippen LogP contribution >= 0.6 is 0 Å². The van der Waals surface area contributed by atoms with E-state index in [1.165, 1.54) is 38.5 Å². The van der Waals surface area contributed by atoms with Crippen LogP contribution in [0.15, 0.2) is 18.5 Å². The maximum Gasteiger partial charge on any atom is 0.223 e. The van der Waals surface area contributed by atoms with Crippen LogP contribution in [0, 0.1) is 6.92 Å². The standard InChI is InChI=1S/C18H27N5/c1-3-12-23-13-16(14(2)22-23)17-10-11-19-18(21-17)20-15-8-6-4-5-7-9-15/h10-11,13,15H,3-9,12H2,1-2H3,(H,19,20,21). The summed E-state index contributed by atoms with van der Waals surface area (Å²) >= 11 is 0. The lowest BCUT2D eigenvalue weighted by Gasteiger charge is -2.16. The fraction of sp³-hybridized carbons (Fsp3) is 0.611. The van der Waals surface area contributed by atoms with Gasteiger partial charge in [-0.1, -0.05) is 32.6 Å². The van der Waals surface area contributed by atoms with Crippen LogP contribution in [0.1, 0.15) is 57.6 Å². The zero-order valence-corrected chi connectivity index (χ0v) is 14.3. The number of aryl methyl sites for hydroxylation is 2. The first-order valence-electron chi connectivity index (χ1n) is 8.90. The Hall–Kier alpha value is -1.91. The first-order chi connectivity index (χ1) is 11.3. The van der Waals surface area contributed by atoms with Gasteiger partial charge in [-0.3, -0.25) is 4.68 Å². The molecule has 0 aromatic carbocycles. The van der Waals surface area contributed by atoms with Crippen LogP contribution in [0.3, 0.4) is 0 Å². The Kier molecular flexibility index (Phi) is 5.26. The topological polar surface area (TPSA) is 55.6 Å². The molecule has 3 rings (SSSR count). The Morgan fingerprint density at radius 1 is 1.22 bits per heavy atom. The molecule has 0 unspecified atom stereocenters. The number of anilines is 1. The first kappa shape index (κ1) is 16.0. The highest BCUT2D eigenvalue weighted by Gasteiger charge is 2.14. The van der Waals surface area contributed by atoms with E-state index in [9.17, 15) is 0 Å². The van der Waals surface area contributed by atoms with E-state index in [0.29, 0.717) is 6.04 Å². The van der Waals surface area contributed by atoms with E-state index in [1.807, 2.05) is 23.9 Å². The van der Waals surface area contributed by atoms with Crippen molar-refractivity contribution in [1.82, 2.24) is 19.7 Å². The van der Waals surface area contributed by atoms with Crippen molar-refractivity contribution in [1.29, 1.82) is 0 Å². The van der Waals surface area contributed by atoms with Crippen LogP contribution in [-0.2, 0) is 6.54 Å². The number of nitrogens with zero attached hydrogens (tertiary/aromatic N) is 4. The molecule has 0 atom stereocenters. The number of nitrogens with one attached hydrogen (secondary N) is 1. The lowest BCUT2D eigenvalue weighted by molar-refractivity contribution is 0.598. The van der Waals surface area contributed by atoms with Crippen molar-refractivity contribution in [3.63, 3.8) is 0 Å². The third kappa shape index (κ3) is 4.09. The van der Waals surface area contributed by atoms with Gasteiger partial charge in [-0.05, 0) is 32.3 Å². The third-order valence-electron chi connectivity index (χ3n) is 4.52. The SMILES string of the molecule is CCCn1cc(-c2ccnc(NC3CCCCCC3)n2)c(C)n1. The molecule has 2 heterocycles. The maximum atomic E-state index is 4.73. The molecule has 1 fully saturated rings. The van der Waals surface area contributed by atoms with Gasteiger partial charge in [0, 0.05) is 30.5 Å². The smallest absolute Gasteiger partial charge is 0.223 e.